The zero-order chi connectivity index (χ0) is 18.5. The Balaban J connectivity index is 1.62. The highest BCUT2D eigenvalue weighted by Crippen LogP contribution is 2.38. The van der Waals surface area contributed by atoms with Crippen LogP contribution >= 0.6 is 11.3 Å². The van der Waals surface area contributed by atoms with E-state index in [9.17, 15) is 9.59 Å². The molecule has 1 aromatic carbocycles. The number of thiazole rings is 1. The van der Waals surface area contributed by atoms with Crippen LogP contribution in [0.1, 0.15) is 65.0 Å². The molecule has 1 atom stereocenters. The minimum Gasteiger partial charge on any atom is -0.356 e. The molecule has 2 N–H and O–H groups in total. The highest BCUT2D eigenvalue weighted by molar-refractivity contribution is 7.16. The maximum Gasteiger partial charge on any atom is 0.257 e. The molecule has 0 spiro atoms. The zero-order valence-electron chi connectivity index (χ0n) is 15.3. The van der Waals surface area contributed by atoms with Crippen LogP contribution in [0.4, 0.5) is 5.13 Å². The lowest BCUT2D eigenvalue weighted by Crippen LogP contribution is -2.29. The van der Waals surface area contributed by atoms with Crippen molar-refractivity contribution in [2.45, 2.75) is 51.9 Å². The second kappa shape index (κ2) is 8.45. The smallest absolute Gasteiger partial charge is 0.257 e. The molecule has 3 rings (SSSR count). The molecule has 1 aliphatic rings. The van der Waals surface area contributed by atoms with E-state index in [2.05, 4.69) is 22.5 Å². The van der Waals surface area contributed by atoms with E-state index in [1.54, 1.807) is 12.1 Å². The van der Waals surface area contributed by atoms with Crippen LogP contribution in [0.15, 0.2) is 24.3 Å². The van der Waals surface area contributed by atoms with Gasteiger partial charge in [-0.3, -0.25) is 14.9 Å². The number of benzene rings is 1. The molecule has 0 aliphatic heterocycles. The molecule has 2 aromatic rings. The average molecular weight is 372 g/mol. The largest absolute Gasteiger partial charge is 0.356 e. The van der Waals surface area contributed by atoms with Gasteiger partial charge in [0.05, 0.1) is 11.6 Å². The predicted molar refractivity (Wildman–Crippen MR) is 105 cm³/mol. The molecule has 0 radical (unpaired) electrons. The third-order valence-corrected chi connectivity index (χ3v) is 5.69. The maximum atomic E-state index is 12.4. The fraction of sp³-hybridized carbons (Fsp3) is 0.450. The van der Waals surface area contributed by atoms with Gasteiger partial charge in [-0.2, -0.15) is 0 Å². The summed E-state index contributed by atoms with van der Waals surface area (Å²) in [5, 5.41) is 6.46. The van der Waals surface area contributed by atoms with Crippen molar-refractivity contribution < 1.29 is 9.59 Å². The first kappa shape index (κ1) is 18.6. The van der Waals surface area contributed by atoms with Gasteiger partial charge >= 0.3 is 0 Å². The first-order valence-electron chi connectivity index (χ1n) is 9.23. The van der Waals surface area contributed by atoms with Gasteiger partial charge in [0.1, 0.15) is 0 Å². The summed E-state index contributed by atoms with van der Waals surface area (Å²) in [4.78, 5) is 30.4. The highest BCUT2D eigenvalue weighted by Gasteiger charge is 2.32. The standard InChI is InChI=1S/C20H25N3O2S/c1-3-4-5-12-21-19(25)15-10-11-16-17(15)22-20(26-16)23-18(24)14-8-6-13(2)7-9-14/h6-9,15H,3-5,10-12H2,1-2H3,(H,21,25)(H,22,23,24). The summed E-state index contributed by atoms with van der Waals surface area (Å²) in [6.07, 6.45) is 4.93. The van der Waals surface area contributed by atoms with Crippen LogP contribution in [0.5, 0.6) is 0 Å². The molecule has 0 bridgehead atoms. The van der Waals surface area contributed by atoms with E-state index < -0.39 is 0 Å². The van der Waals surface area contributed by atoms with Crippen molar-refractivity contribution in [1.29, 1.82) is 0 Å². The van der Waals surface area contributed by atoms with Gasteiger partial charge in [-0.1, -0.05) is 37.5 Å². The Bertz CT molecular complexity index is 783. The van der Waals surface area contributed by atoms with E-state index in [0.717, 1.165) is 54.8 Å². The van der Waals surface area contributed by atoms with Crippen molar-refractivity contribution in [3.8, 4) is 0 Å². The van der Waals surface area contributed by atoms with Crippen LogP contribution < -0.4 is 10.6 Å². The third kappa shape index (κ3) is 4.30. The molecule has 26 heavy (non-hydrogen) atoms. The summed E-state index contributed by atoms with van der Waals surface area (Å²) < 4.78 is 0. The van der Waals surface area contributed by atoms with Crippen LogP contribution in [-0.4, -0.2) is 23.3 Å². The Kier molecular flexibility index (Phi) is 6.04. The number of rotatable bonds is 7. The second-order valence-electron chi connectivity index (χ2n) is 6.74. The minimum atomic E-state index is -0.187. The fourth-order valence-electron chi connectivity index (χ4n) is 3.12. The Morgan fingerprint density at radius 1 is 1.23 bits per heavy atom. The average Bonchev–Trinajstić information content (AvgIpc) is 3.19. The van der Waals surface area contributed by atoms with Gasteiger partial charge in [-0.15, -0.1) is 11.3 Å². The number of hydrogen-bond donors (Lipinski definition) is 2. The monoisotopic (exact) mass is 371 g/mol. The summed E-state index contributed by atoms with van der Waals surface area (Å²) in [5.74, 6) is -0.299. The van der Waals surface area contributed by atoms with E-state index >= 15 is 0 Å². The first-order valence-corrected chi connectivity index (χ1v) is 10.1. The highest BCUT2D eigenvalue weighted by atomic mass is 32.1. The molecular weight excluding hydrogens is 346 g/mol. The van der Waals surface area contributed by atoms with Crippen molar-refractivity contribution in [3.05, 3.63) is 46.0 Å². The molecule has 1 aliphatic carbocycles. The lowest BCUT2D eigenvalue weighted by atomic mass is 10.1. The van der Waals surface area contributed by atoms with Crippen molar-refractivity contribution in [2.24, 2.45) is 0 Å². The van der Waals surface area contributed by atoms with E-state index in [4.69, 9.17) is 0 Å². The number of unbranched alkanes of at least 4 members (excludes halogenated alkanes) is 2. The van der Waals surface area contributed by atoms with E-state index in [1.807, 2.05) is 19.1 Å². The van der Waals surface area contributed by atoms with Gasteiger partial charge in [0.15, 0.2) is 5.13 Å². The Hall–Kier alpha value is -2.21. The summed E-state index contributed by atoms with van der Waals surface area (Å²) >= 11 is 1.48. The lowest BCUT2D eigenvalue weighted by molar-refractivity contribution is -0.122. The van der Waals surface area contributed by atoms with Crippen LogP contribution in [0.2, 0.25) is 0 Å². The molecule has 0 saturated heterocycles. The molecule has 2 amide bonds. The number of amides is 2. The van der Waals surface area contributed by atoms with Crippen LogP contribution in [0.3, 0.4) is 0 Å². The van der Waals surface area contributed by atoms with Gasteiger partial charge in [0, 0.05) is 17.0 Å². The number of fused-ring (bicyclic) bond motifs is 1. The molecule has 1 aromatic heterocycles. The first-order chi connectivity index (χ1) is 12.6. The quantitative estimate of drug-likeness (QED) is 0.722. The van der Waals surface area contributed by atoms with Gasteiger partial charge in [-0.05, 0) is 38.3 Å². The van der Waals surface area contributed by atoms with E-state index in [0.29, 0.717) is 10.7 Å². The molecule has 1 heterocycles. The summed E-state index contributed by atoms with van der Waals surface area (Å²) in [7, 11) is 0. The Morgan fingerprint density at radius 3 is 2.73 bits per heavy atom. The van der Waals surface area contributed by atoms with E-state index in [-0.39, 0.29) is 17.7 Å². The predicted octanol–water partition coefficient (Wildman–Crippen LogP) is 4.04. The van der Waals surface area contributed by atoms with Crippen molar-refractivity contribution in [1.82, 2.24) is 10.3 Å². The Labute approximate surface area is 158 Å². The normalized spacial score (nSPS) is 15.5. The molecule has 5 nitrogen and oxygen atoms in total. The zero-order valence-corrected chi connectivity index (χ0v) is 16.1. The number of carbonyl (C=O) groups excluding carboxylic acids is 2. The van der Waals surface area contributed by atoms with Gasteiger partial charge < -0.3 is 5.32 Å². The van der Waals surface area contributed by atoms with E-state index in [1.165, 1.54) is 11.3 Å². The summed E-state index contributed by atoms with van der Waals surface area (Å²) in [6, 6.07) is 7.43. The number of nitrogens with one attached hydrogen (secondary N) is 2. The SMILES string of the molecule is CCCCCNC(=O)C1CCc2sc(NC(=O)c3ccc(C)cc3)nc21. The number of nitrogens with zero attached hydrogens (tertiary/aromatic N) is 1. The Morgan fingerprint density at radius 2 is 2.00 bits per heavy atom. The molecule has 1 unspecified atom stereocenters. The number of hydrogen-bond acceptors (Lipinski definition) is 4. The van der Waals surface area contributed by atoms with Gasteiger partial charge in [0.2, 0.25) is 5.91 Å². The number of anilines is 1. The summed E-state index contributed by atoms with van der Waals surface area (Å²) in [6.45, 7) is 4.85. The van der Waals surface area contributed by atoms with Crippen LogP contribution in [0.25, 0.3) is 0 Å². The molecular formula is C20H25N3O2S. The van der Waals surface area contributed by atoms with Crippen molar-refractivity contribution in [3.63, 3.8) is 0 Å². The van der Waals surface area contributed by atoms with Crippen molar-refractivity contribution in [2.75, 3.05) is 11.9 Å². The summed E-state index contributed by atoms with van der Waals surface area (Å²) in [5.41, 5.74) is 2.56. The van der Waals surface area contributed by atoms with Crippen LogP contribution in [-0.2, 0) is 11.2 Å². The number of aryl methyl sites for hydroxylation is 2. The maximum absolute atomic E-state index is 12.4. The van der Waals surface area contributed by atoms with Gasteiger partial charge in [0.25, 0.3) is 5.91 Å². The molecule has 138 valence electrons. The fourth-order valence-corrected chi connectivity index (χ4v) is 4.15. The minimum absolute atomic E-state index is 0.0570. The molecule has 0 saturated carbocycles. The third-order valence-electron chi connectivity index (χ3n) is 4.65. The topological polar surface area (TPSA) is 71.1 Å². The second-order valence-corrected chi connectivity index (χ2v) is 7.82. The van der Waals surface area contributed by atoms with Crippen LogP contribution in [0, 0.1) is 6.92 Å². The molecule has 0 fully saturated rings. The number of carbonyl (C=O) groups is 2. The van der Waals surface area contributed by atoms with Gasteiger partial charge in [-0.25, -0.2) is 4.98 Å². The number of aromatic nitrogens is 1. The van der Waals surface area contributed by atoms with Crippen molar-refractivity contribution >= 4 is 28.3 Å². The molecule has 6 heteroatoms. The lowest BCUT2D eigenvalue weighted by Gasteiger charge is -2.10.